The van der Waals surface area contributed by atoms with Crippen LogP contribution in [0, 0.1) is 20.2 Å². The molecule has 0 fully saturated rings. The fraction of sp³-hybridized carbons (Fsp3) is 0.0909. The van der Waals surface area contributed by atoms with E-state index in [1.165, 1.54) is 23.1 Å². The van der Waals surface area contributed by atoms with Gasteiger partial charge in [0.25, 0.3) is 5.69 Å². The maximum Gasteiger partial charge on any atom is 0.446 e. The molecule has 1 atom stereocenters. The van der Waals surface area contributed by atoms with Gasteiger partial charge in [0.15, 0.2) is 5.75 Å². The van der Waals surface area contributed by atoms with Gasteiger partial charge >= 0.3 is 6.35 Å². The number of anilines is 2. The van der Waals surface area contributed by atoms with Crippen molar-refractivity contribution >= 4 is 17.2 Å². The van der Waals surface area contributed by atoms with Gasteiger partial charge in [-0.05, 0) is 18.2 Å². The van der Waals surface area contributed by atoms with Crippen LogP contribution in [0.4, 0.5) is 17.2 Å². The second-order valence-electron chi connectivity index (χ2n) is 4.06. The van der Waals surface area contributed by atoms with Crippen molar-refractivity contribution in [2.24, 2.45) is 0 Å². The molecule has 9 nitrogen and oxygen atoms in total. The molecule has 2 heterocycles. The number of hydrogen-bond donors (Lipinski definition) is 1. The smallest absolute Gasteiger partial charge is 0.410 e. The highest BCUT2D eigenvalue weighted by atomic mass is 16.7. The van der Waals surface area contributed by atoms with Crippen molar-refractivity contribution in [2.45, 2.75) is 6.35 Å². The van der Waals surface area contributed by atoms with Crippen molar-refractivity contribution < 1.29 is 14.6 Å². The summed E-state index contributed by atoms with van der Waals surface area (Å²) >= 11 is 0. The number of benzene rings is 1. The zero-order valence-electron chi connectivity index (χ0n) is 9.92. The summed E-state index contributed by atoms with van der Waals surface area (Å²) in [5.74, 6) is 0.579. The number of aromatic nitrogens is 1. The van der Waals surface area contributed by atoms with Crippen LogP contribution >= 0.6 is 0 Å². The van der Waals surface area contributed by atoms with Gasteiger partial charge in [-0.3, -0.25) is 20.2 Å². The van der Waals surface area contributed by atoms with Gasteiger partial charge in [0.2, 0.25) is 0 Å². The molecule has 1 aliphatic rings. The molecule has 1 N–H and O–H groups in total. The lowest BCUT2D eigenvalue weighted by molar-refractivity contribution is -0.557. The van der Waals surface area contributed by atoms with Crippen molar-refractivity contribution in [1.29, 1.82) is 0 Å². The van der Waals surface area contributed by atoms with E-state index in [1.807, 2.05) is 0 Å². The molecule has 1 aromatic heterocycles. The lowest BCUT2D eigenvalue weighted by Crippen LogP contribution is -2.37. The van der Waals surface area contributed by atoms with Gasteiger partial charge in [-0.1, -0.05) is 0 Å². The van der Waals surface area contributed by atoms with Gasteiger partial charge in [-0.15, -0.1) is 0 Å². The average Bonchev–Trinajstić information content (AvgIpc) is 3.03. The van der Waals surface area contributed by atoms with E-state index >= 15 is 0 Å². The van der Waals surface area contributed by atoms with Gasteiger partial charge in [0.05, 0.1) is 21.6 Å². The molecule has 9 heteroatoms. The third kappa shape index (κ3) is 1.72. The Hall–Kier alpha value is -3.10. The maximum absolute atomic E-state index is 11.1. The van der Waals surface area contributed by atoms with E-state index in [4.69, 9.17) is 4.74 Å². The predicted octanol–water partition coefficient (Wildman–Crippen LogP) is 2.01. The minimum absolute atomic E-state index is 0.107. The van der Waals surface area contributed by atoms with E-state index in [0.29, 0.717) is 11.5 Å². The second-order valence-corrected chi connectivity index (χ2v) is 4.06. The molecule has 20 heavy (non-hydrogen) atoms. The lowest BCUT2D eigenvalue weighted by atomic mass is 10.2. The number of nitro groups is 2. The summed E-state index contributed by atoms with van der Waals surface area (Å²) in [5, 5.41) is 21.8. The molecule has 102 valence electrons. The Kier molecular flexibility index (Phi) is 2.53. The minimum atomic E-state index is -1.45. The fourth-order valence-corrected chi connectivity index (χ4v) is 2.05. The number of nitrogens with zero attached hydrogens (tertiary/aromatic N) is 3. The van der Waals surface area contributed by atoms with Crippen LogP contribution in [-0.2, 0) is 0 Å². The van der Waals surface area contributed by atoms with Gasteiger partial charge in [-0.2, -0.15) is 0 Å². The Morgan fingerprint density at radius 2 is 2.05 bits per heavy atom. The number of nitro benzene ring substituents is 1. The van der Waals surface area contributed by atoms with Crippen LogP contribution in [0.2, 0.25) is 0 Å². The number of non-ortho nitro benzene ring substituents is 1. The van der Waals surface area contributed by atoms with Crippen LogP contribution < -0.4 is 9.64 Å². The summed E-state index contributed by atoms with van der Waals surface area (Å²) in [7, 11) is 0. The average molecular weight is 276 g/mol. The molecule has 0 bridgehead atoms. The quantitative estimate of drug-likeness (QED) is 0.677. The van der Waals surface area contributed by atoms with Crippen LogP contribution in [0.15, 0.2) is 36.5 Å². The molecule has 0 saturated heterocycles. The Labute approximate surface area is 111 Å². The van der Waals surface area contributed by atoms with Gasteiger partial charge in [0, 0.05) is 12.3 Å². The molecule has 0 amide bonds. The first-order valence-electron chi connectivity index (χ1n) is 5.59. The largest absolute Gasteiger partial charge is 0.446 e. The summed E-state index contributed by atoms with van der Waals surface area (Å²) in [6.07, 6.45) is 0.168. The van der Waals surface area contributed by atoms with Crippen molar-refractivity contribution in [3.63, 3.8) is 0 Å². The van der Waals surface area contributed by atoms with E-state index in [0.717, 1.165) is 0 Å². The highest BCUT2D eigenvalue weighted by Crippen LogP contribution is 2.43. The molecular weight excluding hydrogens is 268 g/mol. The van der Waals surface area contributed by atoms with E-state index in [9.17, 15) is 20.2 Å². The van der Waals surface area contributed by atoms with Crippen molar-refractivity contribution in [3.8, 4) is 5.75 Å². The molecular formula is C11H8N4O5. The lowest BCUT2D eigenvalue weighted by Gasteiger charge is -2.16. The van der Waals surface area contributed by atoms with Gasteiger partial charge in [0.1, 0.15) is 5.82 Å². The van der Waals surface area contributed by atoms with Crippen molar-refractivity contribution in [1.82, 2.24) is 4.98 Å². The van der Waals surface area contributed by atoms with Crippen molar-refractivity contribution in [3.05, 3.63) is 56.8 Å². The van der Waals surface area contributed by atoms with Crippen LogP contribution in [-0.4, -0.2) is 21.2 Å². The number of nitrogens with one attached hydrogen (secondary N) is 1. The molecule has 0 saturated carbocycles. The molecule has 0 radical (unpaired) electrons. The predicted molar refractivity (Wildman–Crippen MR) is 67.4 cm³/mol. The van der Waals surface area contributed by atoms with Gasteiger partial charge in [-0.25, -0.2) is 4.90 Å². The summed E-state index contributed by atoms with van der Waals surface area (Å²) < 4.78 is 5.20. The standard InChI is InChI=1S/C11H8N4O5/c16-14(17)7-3-4-8-9(6-7)20-11(15(18)19)13(8)10-2-1-5-12-10/h1-6,11-12H. The Balaban J connectivity index is 2.10. The fourth-order valence-electron chi connectivity index (χ4n) is 2.05. The molecule has 0 spiro atoms. The number of H-pyrrole nitrogens is 1. The zero-order valence-corrected chi connectivity index (χ0v) is 9.92. The van der Waals surface area contributed by atoms with Crippen molar-refractivity contribution in [2.75, 3.05) is 4.90 Å². The minimum Gasteiger partial charge on any atom is -0.410 e. The summed E-state index contributed by atoms with van der Waals surface area (Å²) in [6, 6.07) is 7.22. The Morgan fingerprint density at radius 3 is 2.65 bits per heavy atom. The number of ether oxygens (including phenoxy) is 1. The van der Waals surface area contributed by atoms with E-state index < -0.39 is 16.2 Å². The Morgan fingerprint density at radius 1 is 1.25 bits per heavy atom. The SMILES string of the molecule is O=[N+]([O-])c1ccc2c(c1)OC([N+](=O)[O-])N2c1ccc[nH]1. The highest BCUT2D eigenvalue weighted by molar-refractivity contribution is 5.72. The maximum atomic E-state index is 11.1. The van der Waals surface area contributed by atoms with Crippen LogP contribution in [0.5, 0.6) is 5.75 Å². The Bertz CT molecular complexity index is 684. The topological polar surface area (TPSA) is 115 Å². The van der Waals surface area contributed by atoms with E-state index in [1.54, 1.807) is 18.3 Å². The number of aromatic amines is 1. The molecule has 2 aromatic rings. The molecule has 1 aromatic carbocycles. The summed E-state index contributed by atoms with van der Waals surface area (Å²) in [4.78, 5) is 24.8. The van der Waals surface area contributed by atoms with Crippen LogP contribution in [0.3, 0.4) is 0 Å². The first-order valence-corrected chi connectivity index (χ1v) is 5.59. The molecule has 1 aliphatic heterocycles. The normalized spacial score (nSPS) is 16.6. The van der Waals surface area contributed by atoms with Crippen LogP contribution in [0.1, 0.15) is 0 Å². The first kappa shape index (κ1) is 12.0. The number of rotatable bonds is 3. The van der Waals surface area contributed by atoms with Crippen LogP contribution in [0.25, 0.3) is 0 Å². The molecule has 0 aliphatic carbocycles. The third-order valence-corrected chi connectivity index (χ3v) is 2.89. The molecule has 3 rings (SSSR count). The van der Waals surface area contributed by atoms with Gasteiger partial charge < -0.3 is 9.72 Å². The molecule has 1 unspecified atom stereocenters. The monoisotopic (exact) mass is 276 g/mol. The van der Waals surface area contributed by atoms with E-state index in [-0.39, 0.29) is 11.4 Å². The highest BCUT2D eigenvalue weighted by Gasteiger charge is 2.42. The zero-order chi connectivity index (χ0) is 14.3. The first-order chi connectivity index (χ1) is 9.58. The summed E-state index contributed by atoms with van der Waals surface area (Å²) in [5.41, 5.74) is 0.221. The second kappa shape index (κ2) is 4.23. The third-order valence-electron chi connectivity index (χ3n) is 2.89. The van der Waals surface area contributed by atoms with E-state index in [2.05, 4.69) is 4.98 Å². The summed E-state index contributed by atoms with van der Waals surface area (Å²) in [6.45, 7) is 0. The number of hydrogen-bond acceptors (Lipinski definition) is 6. The number of fused-ring (bicyclic) bond motifs is 1.